The first-order valence-electron chi connectivity index (χ1n) is 8.97. The van der Waals surface area contributed by atoms with E-state index in [1.165, 1.54) is 6.07 Å². The molecule has 0 bridgehead atoms. The summed E-state index contributed by atoms with van der Waals surface area (Å²) in [6.45, 7) is 1.31. The van der Waals surface area contributed by atoms with Crippen molar-refractivity contribution in [1.29, 1.82) is 0 Å². The number of hydrogen-bond acceptors (Lipinski definition) is 4. The second-order valence-corrected chi connectivity index (χ2v) is 6.72. The lowest BCUT2D eigenvalue weighted by molar-refractivity contribution is -0.137. The third kappa shape index (κ3) is 4.65. The number of rotatable bonds is 4. The fraction of sp³-hybridized carbons (Fsp3) is 0.316. The van der Waals surface area contributed by atoms with Crippen LogP contribution in [0.5, 0.6) is 0 Å². The molecular weight excluding hydrogens is 389 g/mol. The fourth-order valence-electron chi connectivity index (χ4n) is 3.12. The number of primary amides is 1. The Kier molecular flexibility index (Phi) is 5.73. The first kappa shape index (κ1) is 20.6. The Bertz CT molecular complexity index is 995. The number of pyridine rings is 1. The Morgan fingerprint density at radius 1 is 1.07 bits per heavy atom. The molecule has 0 atom stereocenters. The van der Waals surface area contributed by atoms with E-state index in [-0.39, 0.29) is 11.3 Å². The lowest BCUT2D eigenvalue weighted by Gasteiger charge is -2.26. The third-order valence-electron chi connectivity index (χ3n) is 4.61. The van der Waals surface area contributed by atoms with Crippen molar-refractivity contribution in [2.75, 3.05) is 13.1 Å². The second-order valence-electron chi connectivity index (χ2n) is 6.72. The highest BCUT2D eigenvalue weighted by Crippen LogP contribution is 2.30. The number of amides is 2. The van der Waals surface area contributed by atoms with Crippen LogP contribution in [0.3, 0.4) is 0 Å². The molecule has 1 aromatic heterocycles. The SMILES string of the molecule is NC(=O)c1cc(C(=O)NN2CCCCC2)cn(-c2cccc(C(F)(F)F)c2)c1=O. The fourth-order valence-corrected chi connectivity index (χ4v) is 3.12. The second kappa shape index (κ2) is 8.08. The van der Waals surface area contributed by atoms with Crippen LogP contribution in [-0.4, -0.2) is 34.5 Å². The monoisotopic (exact) mass is 408 g/mol. The smallest absolute Gasteiger partial charge is 0.365 e. The molecule has 1 fully saturated rings. The van der Waals surface area contributed by atoms with E-state index in [2.05, 4.69) is 5.43 Å². The van der Waals surface area contributed by atoms with Crippen molar-refractivity contribution >= 4 is 11.8 Å². The number of aromatic nitrogens is 1. The molecule has 7 nitrogen and oxygen atoms in total. The lowest BCUT2D eigenvalue weighted by Crippen LogP contribution is -2.45. The first-order valence-corrected chi connectivity index (χ1v) is 8.97. The summed E-state index contributed by atoms with van der Waals surface area (Å²) >= 11 is 0. The van der Waals surface area contributed by atoms with Gasteiger partial charge < -0.3 is 5.73 Å². The van der Waals surface area contributed by atoms with Gasteiger partial charge in [-0.3, -0.25) is 24.4 Å². The minimum Gasteiger partial charge on any atom is -0.365 e. The Labute approximate surface area is 163 Å². The number of nitrogens with one attached hydrogen (secondary N) is 1. The van der Waals surface area contributed by atoms with Crippen LogP contribution in [-0.2, 0) is 6.18 Å². The Morgan fingerprint density at radius 2 is 1.76 bits per heavy atom. The van der Waals surface area contributed by atoms with Gasteiger partial charge in [0.1, 0.15) is 5.56 Å². The zero-order valence-electron chi connectivity index (χ0n) is 15.3. The van der Waals surface area contributed by atoms with Crippen LogP contribution in [0.1, 0.15) is 45.5 Å². The largest absolute Gasteiger partial charge is 0.416 e. The van der Waals surface area contributed by atoms with Crippen LogP contribution in [0.4, 0.5) is 13.2 Å². The molecule has 3 N–H and O–H groups in total. The van der Waals surface area contributed by atoms with Crippen molar-refractivity contribution in [2.45, 2.75) is 25.4 Å². The molecule has 2 amide bonds. The van der Waals surface area contributed by atoms with E-state index in [1.54, 1.807) is 5.01 Å². The van der Waals surface area contributed by atoms with Crippen LogP contribution in [0.2, 0.25) is 0 Å². The van der Waals surface area contributed by atoms with Crippen molar-refractivity contribution in [3.63, 3.8) is 0 Å². The van der Waals surface area contributed by atoms with Crippen LogP contribution in [0.15, 0.2) is 41.3 Å². The minimum atomic E-state index is -4.62. The van der Waals surface area contributed by atoms with E-state index >= 15 is 0 Å². The summed E-state index contributed by atoms with van der Waals surface area (Å²) in [5.41, 5.74) is 5.34. The number of carbonyl (C=O) groups excluding carboxylic acids is 2. The molecule has 1 aliphatic heterocycles. The van der Waals surface area contributed by atoms with Gasteiger partial charge in [0.05, 0.1) is 11.1 Å². The van der Waals surface area contributed by atoms with Gasteiger partial charge in [0, 0.05) is 25.0 Å². The number of carbonyl (C=O) groups is 2. The summed E-state index contributed by atoms with van der Waals surface area (Å²) in [7, 11) is 0. The summed E-state index contributed by atoms with van der Waals surface area (Å²) in [5, 5.41) is 1.72. The third-order valence-corrected chi connectivity index (χ3v) is 4.61. The van der Waals surface area contributed by atoms with E-state index < -0.39 is 34.7 Å². The number of nitrogens with zero attached hydrogens (tertiary/aromatic N) is 2. The van der Waals surface area contributed by atoms with Gasteiger partial charge in [-0.1, -0.05) is 12.5 Å². The molecule has 154 valence electrons. The highest BCUT2D eigenvalue weighted by Gasteiger charge is 2.30. The molecule has 2 aromatic rings. The predicted octanol–water partition coefficient (Wildman–Crippen LogP) is 2.09. The molecule has 2 heterocycles. The number of hydrazine groups is 1. The first-order chi connectivity index (χ1) is 13.7. The number of hydrogen-bond donors (Lipinski definition) is 2. The maximum Gasteiger partial charge on any atom is 0.416 e. The van der Waals surface area contributed by atoms with Gasteiger partial charge in [-0.15, -0.1) is 0 Å². The maximum absolute atomic E-state index is 13.0. The predicted molar refractivity (Wildman–Crippen MR) is 98.4 cm³/mol. The number of alkyl halides is 3. The molecule has 0 spiro atoms. The molecule has 0 saturated carbocycles. The Hall–Kier alpha value is -3.14. The standard InChI is InChI=1S/C19H19F3N4O3/c20-19(21,22)13-5-4-6-14(10-13)26-11-12(9-15(16(23)27)18(26)29)17(28)24-25-7-2-1-3-8-25/h4-6,9-11H,1-3,7-8H2,(H2,23,27)(H,24,28). The number of halogens is 3. The number of nitrogens with two attached hydrogens (primary N) is 1. The van der Waals surface area contributed by atoms with E-state index in [0.717, 1.165) is 54.3 Å². The van der Waals surface area contributed by atoms with Crippen LogP contribution in [0, 0.1) is 0 Å². The van der Waals surface area contributed by atoms with Crippen molar-refractivity contribution in [2.24, 2.45) is 5.73 Å². The highest BCUT2D eigenvalue weighted by atomic mass is 19.4. The zero-order valence-corrected chi connectivity index (χ0v) is 15.3. The maximum atomic E-state index is 13.0. The normalized spacial score (nSPS) is 15.1. The summed E-state index contributed by atoms with van der Waals surface area (Å²) in [5.74, 6) is -1.67. The quantitative estimate of drug-likeness (QED) is 0.810. The van der Waals surface area contributed by atoms with Gasteiger partial charge in [0.15, 0.2) is 0 Å². The topological polar surface area (TPSA) is 97.4 Å². The summed E-state index contributed by atoms with van der Waals surface area (Å²) in [6.07, 6.45) is -0.634. The molecule has 10 heteroatoms. The van der Waals surface area contributed by atoms with Gasteiger partial charge in [-0.2, -0.15) is 13.2 Å². The van der Waals surface area contributed by atoms with Crippen molar-refractivity contribution < 1.29 is 22.8 Å². The summed E-state index contributed by atoms with van der Waals surface area (Å²) in [6, 6.07) is 5.08. The van der Waals surface area contributed by atoms with Gasteiger partial charge in [0.2, 0.25) is 0 Å². The molecule has 29 heavy (non-hydrogen) atoms. The van der Waals surface area contributed by atoms with Crippen molar-refractivity contribution in [3.05, 3.63) is 63.6 Å². The van der Waals surface area contributed by atoms with E-state index in [0.29, 0.717) is 13.1 Å². The molecule has 3 rings (SSSR count). The van der Waals surface area contributed by atoms with E-state index in [1.807, 2.05) is 0 Å². The molecule has 0 radical (unpaired) electrons. The van der Waals surface area contributed by atoms with Gasteiger partial charge in [-0.25, -0.2) is 5.01 Å². The average Bonchev–Trinajstić information content (AvgIpc) is 2.68. The molecule has 1 aliphatic rings. The van der Waals surface area contributed by atoms with Crippen LogP contribution >= 0.6 is 0 Å². The Balaban J connectivity index is 2.04. The van der Waals surface area contributed by atoms with Gasteiger partial charge in [0.25, 0.3) is 17.4 Å². The lowest BCUT2D eigenvalue weighted by atomic mass is 10.1. The van der Waals surface area contributed by atoms with Crippen molar-refractivity contribution in [3.8, 4) is 5.69 Å². The molecule has 1 saturated heterocycles. The van der Waals surface area contributed by atoms with Gasteiger partial charge >= 0.3 is 6.18 Å². The van der Waals surface area contributed by atoms with Gasteiger partial charge in [-0.05, 0) is 37.1 Å². The molecular formula is C19H19F3N4O3. The average molecular weight is 408 g/mol. The molecule has 1 aromatic carbocycles. The number of piperidine rings is 1. The molecule has 0 aliphatic carbocycles. The van der Waals surface area contributed by atoms with Crippen molar-refractivity contribution in [1.82, 2.24) is 15.0 Å². The Morgan fingerprint density at radius 3 is 2.38 bits per heavy atom. The summed E-state index contributed by atoms with van der Waals surface area (Å²) < 4.78 is 39.9. The zero-order chi connectivity index (χ0) is 21.2. The van der Waals surface area contributed by atoms with Crippen LogP contribution < -0.4 is 16.7 Å². The van der Waals surface area contributed by atoms with E-state index in [9.17, 15) is 27.6 Å². The molecule has 0 unspecified atom stereocenters. The number of benzene rings is 1. The van der Waals surface area contributed by atoms with E-state index in [4.69, 9.17) is 5.73 Å². The van der Waals surface area contributed by atoms with Crippen LogP contribution in [0.25, 0.3) is 5.69 Å². The summed E-state index contributed by atoms with van der Waals surface area (Å²) in [4.78, 5) is 36.9. The highest BCUT2D eigenvalue weighted by molar-refractivity contribution is 5.98. The minimum absolute atomic E-state index is 0.0682.